The number of non-ortho nitro benzene ring substituents is 1. The highest BCUT2D eigenvalue weighted by Gasteiger charge is 2.27. The molecule has 166 valence electrons. The van der Waals surface area contributed by atoms with E-state index in [9.17, 15) is 14.9 Å². The highest BCUT2D eigenvalue weighted by atomic mass is 35.5. The molecule has 0 bridgehead atoms. The summed E-state index contributed by atoms with van der Waals surface area (Å²) in [6.45, 7) is 4.53. The third kappa shape index (κ3) is 4.34. The molecular weight excluding hydrogens is 453 g/mol. The Balaban J connectivity index is 1.46. The third-order valence-electron chi connectivity index (χ3n) is 5.76. The third-order valence-corrected chi connectivity index (χ3v) is 6.39. The molecule has 32 heavy (non-hydrogen) atoms. The molecule has 0 unspecified atom stereocenters. The average molecular weight is 474 g/mol. The predicted molar refractivity (Wildman–Crippen MR) is 127 cm³/mol. The number of nitrogens with one attached hydrogen (secondary N) is 1. The van der Waals surface area contributed by atoms with Crippen LogP contribution in [0.25, 0.3) is 10.8 Å². The van der Waals surface area contributed by atoms with Gasteiger partial charge in [-0.05, 0) is 31.2 Å². The van der Waals surface area contributed by atoms with Crippen molar-refractivity contribution >= 4 is 56.9 Å². The predicted octanol–water partition coefficient (Wildman–Crippen LogP) is 4.60. The molecule has 1 aliphatic rings. The van der Waals surface area contributed by atoms with Crippen molar-refractivity contribution in [3.63, 3.8) is 0 Å². The minimum Gasteiger partial charge on any atom is -0.368 e. The van der Waals surface area contributed by atoms with E-state index in [0.29, 0.717) is 47.3 Å². The number of carbonyl (C=O) groups excluding carboxylic acids is 1. The molecule has 3 aromatic rings. The number of hydrogen-bond donors (Lipinski definition) is 1. The number of carbonyl (C=O) groups is 1. The van der Waals surface area contributed by atoms with Crippen molar-refractivity contribution < 1.29 is 9.72 Å². The summed E-state index contributed by atoms with van der Waals surface area (Å²) in [6.07, 6.45) is 3.16. The second-order valence-electron chi connectivity index (χ2n) is 7.57. The Hall–Kier alpha value is -2.94. The van der Waals surface area contributed by atoms with Crippen LogP contribution in [-0.2, 0) is 4.79 Å². The van der Waals surface area contributed by atoms with Crippen molar-refractivity contribution in [2.75, 3.05) is 36.4 Å². The van der Waals surface area contributed by atoms with E-state index < -0.39 is 4.92 Å². The van der Waals surface area contributed by atoms with E-state index >= 15 is 0 Å². The molecule has 1 aromatic heterocycles. The molecule has 0 spiro atoms. The molecular formula is C22H21Cl2N5O3. The largest absolute Gasteiger partial charge is 0.368 e. The lowest BCUT2D eigenvalue weighted by atomic mass is 10.1. The van der Waals surface area contributed by atoms with Crippen molar-refractivity contribution in [2.24, 2.45) is 0 Å². The van der Waals surface area contributed by atoms with E-state index in [-0.39, 0.29) is 17.6 Å². The summed E-state index contributed by atoms with van der Waals surface area (Å²) in [6, 6.07) is 9.81. The number of anilines is 2. The van der Waals surface area contributed by atoms with Crippen LogP contribution in [0.15, 0.2) is 48.8 Å². The number of piperazine rings is 1. The van der Waals surface area contributed by atoms with Gasteiger partial charge in [-0.25, -0.2) is 0 Å². The number of amides is 1. The lowest BCUT2D eigenvalue weighted by molar-refractivity contribution is -0.383. The molecule has 2 aromatic carbocycles. The lowest BCUT2D eigenvalue weighted by Gasteiger charge is -2.39. The Bertz CT molecular complexity index is 1160. The Morgan fingerprint density at radius 3 is 2.44 bits per heavy atom. The number of pyridine rings is 1. The quantitative estimate of drug-likeness (QED) is 0.430. The van der Waals surface area contributed by atoms with Crippen LogP contribution in [0.3, 0.4) is 0 Å². The molecule has 0 aliphatic carbocycles. The van der Waals surface area contributed by atoms with Crippen molar-refractivity contribution in [1.29, 1.82) is 0 Å². The lowest BCUT2D eigenvalue weighted by Crippen LogP contribution is -2.52. The number of para-hydroxylation sites is 1. The minimum absolute atomic E-state index is 0.0408. The number of halogens is 2. The number of nitrogens with zero attached hydrogens (tertiary/aromatic N) is 4. The maximum Gasteiger partial charge on any atom is 0.278 e. The van der Waals surface area contributed by atoms with Crippen LogP contribution in [0, 0.1) is 10.1 Å². The van der Waals surface area contributed by atoms with E-state index in [4.69, 9.17) is 23.2 Å². The summed E-state index contributed by atoms with van der Waals surface area (Å²) in [4.78, 5) is 32.1. The van der Waals surface area contributed by atoms with E-state index in [1.165, 1.54) is 12.3 Å². The Kier molecular flexibility index (Phi) is 6.45. The van der Waals surface area contributed by atoms with E-state index in [2.05, 4.69) is 20.1 Å². The first-order valence-corrected chi connectivity index (χ1v) is 10.9. The number of nitro benzene ring substituents is 1. The van der Waals surface area contributed by atoms with Gasteiger partial charge in [-0.2, -0.15) is 0 Å². The van der Waals surface area contributed by atoms with Crippen molar-refractivity contribution in [3.8, 4) is 0 Å². The van der Waals surface area contributed by atoms with Gasteiger partial charge < -0.3 is 10.2 Å². The molecule has 1 amide bonds. The van der Waals surface area contributed by atoms with Gasteiger partial charge in [0, 0.05) is 55.7 Å². The molecule has 1 fully saturated rings. The second-order valence-corrected chi connectivity index (χ2v) is 8.38. The molecule has 0 radical (unpaired) electrons. The first-order valence-electron chi connectivity index (χ1n) is 10.1. The molecule has 1 saturated heterocycles. The van der Waals surface area contributed by atoms with Gasteiger partial charge in [0.05, 0.1) is 32.1 Å². The van der Waals surface area contributed by atoms with Gasteiger partial charge in [0.2, 0.25) is 5.91 Å². The molecule has 1 atom stereocenters. The molecule has 4 rings (SSSR count). The van der Waals surface area contributed by atoms with Crippen molar-refractivity contribution in [2.45, 2.75) is 13.0 Å². The Morgan fingerprint density at radius 1 is 1.09 bits per heavy atom. The summed E-state index contributed by atoms with van der Waals surface area (Å²) < 4.78 is 0. The fourth-order valence-electron chi connectivity index (χ4n) is 3.96. The zero-order valence-electron chi connectivity index (χ0n) is 17.3. The number of rotatable bonds is 5. The molecule has 1 N–H and O–H groups in total. The fraction of sp³-hybridized carbons (Fsp3) is 0.273. The minimum atomic E-state index is -0.392. The van der Waals surface area contributed by atoms with Crippen LogP contribution in [-0.4, -0.2) is 52.9 Å². The van der Waals surface area contributed by atoms with Gasteiger partial charge in [0.25, 0.3) is 5.69 Å². The highest BCUT2D eigenvalue weighted by molar-refractivity contribution is 6.39. The van der Waals surface area contributed by atoms with E-state index in [1.54, 1.807) is 36.5 Å². The van der Waals surface area contributed by atoms with Crippen LogP contribution < -0.4 is 10.2 Å². The summed E-state index contributed by atoms with van der Waals surface area (Å²) in [5, 5.41) is 16.3. The molecule has 1 aliphatic heterocycles. The number of aromatic nitrogens is 1. The van der Waals surface area contributed by atoms with E-state index in [1.807, 2.05) is 6.92 Å². The summed E-state index contributed by atoms with van der Waals surface area (Å²) in [5.41, 5.74) is 1.38. The van der Waals surface area contributed by atoms with Crippen LogP contribution in [0.1, 0.15) is 6.92 Å². The molecule has 2 heterocycles. The average Bonchev–Trinajstić information content (AvgIpc) is 2.80. The summed E-state index contributed by atoms with van der Waals surface area (Å²) >= 11 is 12.3. The van der Waals surface area contributed by atoms with Gasteiger partial charge in [-0.3, -0.25) is 24.8 Å². The molecule has 10 heteroatoms. The zero-order chi connectivity index (χ0) is 22.8. The number of fused-ring (bicyclic) bond motifs is 1. The normalized spacial score (nSPS) is 15.5. The second kappa shape index (κ2) is 9.28. The highest BCUT2D eigenvalue weighted by Crippen LogP contribution is 2.34. The van der Waals surface area contributed by atoms with Gasteiger partial charge in [0.15, 0.2) is 0 Å². The first kappa shape index (κ1) is 22.3. The van der Waals surface area contributed by atoms with Crippen molar-refractivity contribution in [1.82, 2.24) is 9.88 Å². The first-order chi connectivity index (χ1) is 15.4. The fourth-order valence-corrected chi connectivity index (χ4v) is 4.45. The van der Waals surface area contributed by atoms with Crippen molar-refractivity contribution in [3.05, 3.63) is 69.0 Å². The number of benzene rings is 2. The van der Waals surface area contributed by atoms with Gasteiger partial charge >= 0.3 is 0 Å². The van der Waals surface area contributed by atoms with E-state index in [0.717, 1.165) is 11.1 Å². The summed E-state index contributed by atoms with van der Waals surface area (Å²) in [7, 11) is 0. The van der Waals surface area contributed by atoms with Gasteiger partial charge in [0.1, 0.15) is 0 Å². The number of hydrogen-bond acceptors (Lipinski definition) is 6. The monoisotopic (exact) mass is 473 g/mol. The maximum atomic E-state index is 12.8. The summed E-state index contributed by atoms with van der Waals surface area (Å²) in [5.74, 6) is -0.180. The van der Waals surface area contributed by atoms with Crippen LogP contribution >= 0.6 is 23.2 Å². The maximum absolute atomic E-state index is 12.8. The topological polar surface area (TPSA) is 91.6 Å². The molecule has 8 nitrogen and oxygen atoms in total. The SMILES string of the molecule is C[C@@H](C(=O)Nc1c(Cl)cccc1Cl)N1CCN(c2ccc([N+](=O)[O-])c3cnccc23)CC1. The van der Waals surface area contributed by atoms with Gasteiger partial charge in [-0.1, -0.05) is 29.3 Å². The standard InChI is InChI=1S/C22H21Cl2N5O3/c1-14(22(30)26-21-17(23)3-2-4-18(21)24)27-9-11-28(12-10-27)19-5-6-20(29(31)32)16-13-25-8-7-15(16)19/h2-8,13-14H,9-12H2,1H3,(H,26,30)/t14-/m0/s1. The Morgan fingerprint density at radius 2 is 1.78 bits per heavy atom. The van der Waals surface area contributed by atoms with Crippen LogP contribution in [0.2, 0.25) is 10.0 Å². The zero-order valence-corrected chi connectivity index (χ0v) is 18.8. The van der Waals surface area contributed by atoms with Crippen LogP contribution in [0.4, 0.5) is 17.1 Å². The number of nitro groups is 1. The Labute approximate surface area is 194 Å². The van der Waals surface area contributed by atoms with Crippen LogP contribution in [0.5, 0.6) is 0 Å². The molecule has 0 saturated carbocycles. The van der Waals surface area contributed by atoms with Gasteiger partial charge in [-0.15, -0.1) is 0 Å². The smallest absolute Gasteiger partial charge is 0.278 e.